The Morgan fingerprint density at radius 1 is 1.10 bits per heavy atom. The molecule has 2 N–H and O–H groups in total. The van der Waals surface area contributed by atoms with Crippen LogP contribution in [0.25, 0.3) is 22.4 Å². The molecule has 0 aliphatic carbocycles. The lowest BCUT2D eigenvalue weighted by Gasteiger charge is -2.18. The molecule has 3 heterocycles. The number of carbonyl (C=O) groups excluding carboxylic acids is 1. The van der Waals surface area contributed by atoms with Gasteiger partial charge in [-0.05, 0) is 49.2 Å². The molecule has 1 amide bonds. The molecule has 216 valence electrons. The molecule has 4 aromatic rings. The molecule has 0 radical (unpaired) electrons. The summed E-state index contributed by atoms with van der Waals surface area (Å²) in [6.45, 7) is 3.61. The Hall–Kier alpha value is -4.54. The Morgan fingerprint density at radius 3 is 2.57 bits per heavy atom. The van der Waals surface area contributed by atoms with Crippen molar-refractivity contribution >= 4 is 29.2 Å². The molecule has 1 aliphatic heterocycles. The molecule has 11 heteroatoms. The zero-order chi connectivity index (χ0) is 30.0. The number of likely N-dealkylation sites (tertiary alicyclic amines) is 1. The molecule has 2 aromatic heterocycles. The highest BCUT2D eigenvalue weighted by Crippen LogP contribution is 2.39. The second kappa shape index (κ2) is 12.1. The van der Waals surface area contributed by atoms with Gasteiger partial charge in [-0.1, -0.05) is 48.0 Å². The maximum Gasteiger partial charge on any atom is 0.307 e. The summed E-state index contributed by atoms with van der Waals surface area (Å²) in [5, 5.41) is 16.5. The van der Waals surface area contributed by atoms with Crippen LogP contribution in [0.1, 0.15) is 27.9 Å². The van der Waals surface area contributed by atoms with E-state index in [1.807, 2.05) is 49.4 Å². The molecule has 42 heavy (non-hydrogen) atoms. The quantitative estimate of drug-likeness (QED) is 0.305. The number of halogens is 1. The first-order valence-corrected chi connectivity index (χ1v) is 13.8. The summed E-state index contributed by atoms with van der Waals surface area (Å²) >= 11 is 6.98. The lowest BCUT2D eigenvalue weighted by Crippen LogP contribution is -2.28. The fourth-order valence-corrected chi connectivity index (χ4v) is 5.53. The van der Waals surface area contributed by atoms with E-state index in [9.17, 15) is 19.5 Å². The third-order valence-corrected chi connectivity index (χ3v) is 7.95. The van der Waals surface area contributed by atoms with Crippen molar-refractivity contribution in [2.75, 3.05) is 25.5 Å². The third kappa shape index (κ3) is 5.77. The van der Waals surface area contributed by atoms with Crippen molar-refractivity contribution in [2.45, 2.75) is 19.9 Å². The minimum absolute atomic E-state index is 0.00719. The first-order valence-electron chi connectivity index (χ1n) is 13.4. The largest absolute Gasteiger partial charge is 0.481 e. The number of anilines is 1. The number of carboxylic acid groups (broad SMARTS) is 1. The van der Waals surface area contributed by atoms with Gasteiger partial charge < -0.3 is 15.2 Å². The third-order valence-electron chi connectivity index (χ3n) is 7.54. The monoisotopic (exact) mass is 587 g/mol. The van der Waals surface area contributed by atoms with Gasteiger partial charge in [0, 0.05) is 48.7 Å². The highest BCUT2D eigenvalue weighted by molar-refractivity contribution is 6.36. The number of pyridine rings is 1. The number of aliphatic carboxylic acids is 1. The van der Waals surface area contributed by atoms with Crippen molar-refractivity contribution in [3.8, 4) is 28.3 Å². The van der Waals surface area contributed by atoms with Crippen LogP contribution in [0, 0.1) is 12.8 Å². The first-order chi connectivity index (χ1) is 20.2. The van der Waals surface area contributed by atoms with Crippen LogP contribution in [-0.4, -0.2) is 56.8 Å². The van der Waals surface area contributed by atoms with Crippen LogP contribution >= 0.6 is 11.6 Å². The topological polar surface area (TPSA) is 127 Å². The summed E-state index contributed by atoms with van der Waals surface area (Å²) in [4.78, 5) is 43.4. The van der Waals surface area contributed by atoms with Gasteiger partial charge >= 0.3 is 5.97 Å². The van der Waals surface area contributed by atoms with Crippen molar-refractivity contribution in [1.82, 2.24) is 19.7 Å². The maximum atomic E-state index is 12.9. The molecule has 1 atom stereocenters. The van der Waals surface area contributed by atoms with E-state index in [1.165, 1.54) is 19.3 Å². The van der Waals surface area contributed by atoms with E-state index < -0.39 is 17.4 Å². The zero-order valence-corrected chi connectivity index (χ0v) is 24.2. The van der Waals surface area contributed by atoms with Crippen LogP contribution < -0.4 is 15.6 Å². The van der Waals surface area contributed by atoms with Gasteiger partial charge in [-0.3, -0.25) is 19.3 Å². The summed E-state index contributed by atoms with van der Waals surface area (Å²) in [6.07, 6.45) is 2.03. The van der Waals surface area contributed by atoms with E-state index in [-0.39, 0.29) is 11.5 Å². The van der Waals surface area contributed by atoms with Crippen molar-refractivity contribution in [3.05, 3.63) is 92.9 Å². The summed E-state index contributed by atoms with van der Waals surface area (Å²) < 4.78 is 6.72. The second-order valence-corrected chi connectivity index (χ2v) is 10.6. The molecule has 0 spiro atoms. The van der Waals surface area contributed by atoms with Gasteiger partial charge in [-0.25, -0.2) is 9.67 Å². The first kappa shape index (κ1) is 29.0. The molecule has 0 saturated carbocycles. The molecule has 2 aromatic carbocycles. The Kier molecular flexibility index (Phi) is 8.37. The van der Waals surface area contributed by atoms with Gasteiger partial charge in [-0.15, -0.1) is 0 Å². The van der Waals surface area contributed by atoms with Crippen molar-refractivity contribution in [1.29, 1.82) is 0 Å². The predicted octanol–water partition coefficient (Wildman–Crippen LogP) is 4.64. The number of nitrogens with one attached hydrogen (secondary N) is 1. The number of aromatic nitrogens is 3. The van der Waals surface area contributed by atoms with E-state index >= 15 is 0 Å². The number of hydrogen-bond donors (Lipinski definition) is 2. The summed E-state index contributed by atoms with van der Waals surface area (Å²) in [7, 11) is 3.05. The van der Waals surface area contributed by atoms with Gasteiger partial charge in [0.1, 0.15) is 5.56 Å². The fraction of sp³-hybridized carbons (Fsp3) is 0.258. The Bertz CT molecular complexity index is 1740. The summed E-state index contributed by atoms with van der Waals surface area (Å²) in [6, 6.07) is 16.4. The van der Waals surface area contributed by atoms with E-state index in [1.54, 1.807) is 13.2 Å². The summed E-state index contributed by atoms with van der Waals surface area (Å²) in [5.74, 6) is -1.20. The molecule has 0 unspecified atom stereocenters. The van der Waals surface area contributed by atoms with Gasteiger partial charge in [0.25, 0.3) is 11.5 Å². The molecule has 0 bridgehead atoms. The molecule has 1 fully saturated rings. The number of carboxylic acids is 1. The number of methoxy groups -OCH3 is 1. The van der Waals surface area contributed by atoms with Gasteiger partial charge in [0.05, 0.1) is 23.7 Å². The number of rotatable bonds is 8. The van der Waals surface area contributed by atoms with Crippen molar-refractivity contribution < 1.29 is 19.4 Å². The van der Waals surface area contributed by atoms with Crippen LogP contribution in [0.15, 0.2) is 65.6 Å². The molecule has 5 rings (SSSR count). The lowest BCUT2D eigenvalue weighted by atomic mass is 9.96. The fourth-order valence-electron chi connectivity index (χ4n) is 5.20. The van der Waals surface area contributed by atoms with E-state index in [0.717, 1.165) is 26.9 Å². The Morgan fingerprint density at radius 2 is 1.83 bits per heavy atom. The molecule has 10 nitrogen and oxygen atoms in total. The van der Waals surface area contributed by atoms with E-state index in [2.05, 4.69) is 15.3 Å². The molecule has 1 aliphatic rings. The Balaban J connectivity index is 1.43. The minimum atomic E-state index is -0.768. The number of carbonyl (C=O) groups is 2. The average Bonchev–Trinajstić information content (AvgIpc) is 3.45. The van der Waals surface area contributed by atoms with E-state index in [4.69, 9.17) is 21.3 Å². The number of benzene rings is 2. The zero-order valence-electron chi connectivity index (χ0n) is 23.4. The number of ether oxygens (including phenoxy) is 1. The van der Waals surface area contributed by atoms with Gasteiger partial charge in [0.15, 0.2) is 0 Å². The lowest BCUT2D eigenvalue weighted by molar-refractivity contribution is -0.141. The highest BCUT2D eigenvalue weighted by atomic mass is 35.5. The van der Waals surface area contributed by atoms with Crippen LogP contribution in [-0.2, 0) is 18.4 Å². The van der Waals surface area contributed by atoms with Crippen LogP contribution in [0.4, 0.5) is 5.69 Å². The number of amides is 1. The average molecular weight is 588 g/mol. The standard InChI is InChI=1S/C31H30ClN5O5/c1-18-21(6-5-9-25(18)34-28(38)24-12-14-33-36(2)30(24)39)22-7-4-8-23(27(22)32)26-11-10-19(29(35-26)42-3)16-37-15-13-20(17-37)31(40)41/h4-12,14,20H,13,15-17H2,1-3H3,(H,34,38)(H,40,41)/t20-/m1/s1. The maximum absolute atomic E-state index is 12.9. The van der Waals surface area contributed by atoms with Crippen molar-refractivity contribution in [2.24, 2.45) is 13.0 Å². The summed E-state index contributed by atoms with van der Waals surface area (Å²) in [5.41, 5.74) is 4.60. The smallest absolute Gasteiger partial charge is 0.307 e. The number of aryl methyl sites for hydroxylation is 1. The SMILES string of the molecule is COc1nc(-c2cccc(-c3cccc(NC(=O)c4ccnn(C)c4=O)c3C)c2Cl)ccc1CN1CC[C@@H](C(=O)O)C1. The Labute approximate surface area is 247 Å². The van der Waals surface area contributed by atoms with Crippen molar-refractivity contribution in [3.63, 3.8) is 0 Å². The van der Waals surface area contributed by atoms with Crippen LogP contribution in [0.2, 0.25) is 5.02 Å². The number of hydrogen-bond acceptors (Lipinski definition) is 7. The predicted molar refractivity (Wildman–Crippen MR) is 160 cm³/mol. The number of nitrogens with zero attached hydrogens (tertiary/aromatic N) is 4. The van der Waals surface area contributed by atoms with Gasteiger partial charge in [0.2, 0.25) is 5.88 Å². The minimum Gasteiger partial charge on any atom is -0.481 e. The van der Waals surface area contributed by atoms with Crippen LogP contribution in [0.3, 0.4) is 0 Å². The molecular weight excluding hydrogens is 558 g/mol. The highest BCUT2D eigenvalue weighted by Gasteiger charge is 2.28. The van der Waals surface area contributed by atoms with Crippen LogP contribution in [0.5, 0.6) is 5.88 Å². The van der Waals surface area contributed by atoms with Gasteiger partial charge in [-0.2, -0.15) is 5.10 Å². The normalized spacial score (nSPS) is 15.0. The van der Waals surface area contributed by atoms with E-state index in [0.29, 0.717) is 53.9 Å². The molecular formula is C31H30ClN5O5. The second-order valence-electron chi connectivity index (χ2n) is 10.2. The molecule has 1 saturated heterocycles.